The van der Waals surface area contributed by atoms with Gasteiger partial charge < -0.3 is 19.9 Å². The quantitative estimate of drug-likeness (QED) is 0.591. The third-order valence-electron chi connectivity index (χ3n) is 2.46. The van der Waals surface area contributed by atoms with Gasteiger partial charge in [-0.15, -0.1) is 0 Å². The molecule has 0 aliphatic carbocycles. The minimum atomic E-state index is -4.49. The van der Waals surface area contributed by atoms with Crippen molar-refractivity contribution in [1.82, 2.24) is 0 Å². The summed E-state index contributed by atoms with van der Waals surface area (Å²) >= 11 is 0. The molecule has 0 aliphatic heterocycles. The van der Waals surface area contributed by atoms with Crippen molar-refractivity contribution in [1.29, 1.82) is 0 Å². The molecule has 0 amide bonds. The summed E-state index contributed by atoms with van der Waals surface area (Å²) in [6, 6.07) is 3.47. The molecule has 7 heteroatoms. The van der Waals surface area contributed by atoms with Crippen LogP contribution in [-0.4, -0.2) is 33.5 Å². The predicted octanol–water partition coefficient (Wildman–Crippen LogP) is 2.72. The van der Waals surface area contributed by atoms with Crippen LogP contribution in [0.5, 0.6) is 5.75 Å². The largest absolute Gasteiger partial charge is 0.491 e. The minimum absolute atomic E-state index is 0.118. The highest BCUT2D eigenvalue weighted by molar-refractivity contribution is 5.51. The molecule has 20 heavy (non-hydrogen) atoms. The summed E-state index contributed by atoms with van der Waals surface area (Å²) in [5, 5.41) is 0. The highest BCUT2D eigenvalue weighted by Crippen LogP contribution is 2.35. The van der Waals surface area contributed by atoms with Gasteiger partial charge in [0.05, 0.1) is 12.2 Å². The Labute approximate surface area is 115 Å². The number of anilines is 1. The van der Waals surface area contributed by atoms with Gasteiger partial charge in [0.1, 0.15) is 12.4 Å². The molecule has 114 valence electrons. The zero-order chi connectivity index (χ0) is 15.0. The lowest BCUT2D eigenvalue weighted by atomic mass is 10.1. The molecule has 0 unspecified atom stereocenters. The second-order valence-electron chi connectivity index (χ2n) is 4.05. The van der Waals surface area contributed by atoms with E-state index in [-0.39, 0.29) is 18.0 Å². The van der Waals surface area contributed by atoms with Gasteiger partial charge in [-0.25, -0.2) is 0 Å². The number of hydrogen-bond acceptors (Lipinski definition) is 4. The molecule has 2 N–H and O–H groups in total. The maximum absolute atomic E-state index is 12.6. The van der Waals surface area contributed by atoms with E-state index in [2.05, 4.69) is 0 Å². The predicted molar refractivity (Wildman–Crippen MR) is 68.7 cm³/mol. The average Bonchev–Trinajstić information content (AvgIpc) is 2.38. The monoisotopic (exact) mass is 293 g/mol. The molecule has 0 heterocycles. The Kier molecular flexibility index (Phi) is 6.60. The summed E-state index contributed by atoms with van der Waals surface area (Å²) in [6.07, 6.45) is -3.73. The molecule has 1 aromatic carbocycles. The van der Waals surface area contributed by atoms with Gasteiger partial charge in [-0.05, 0) is 24.6 Å². The summed E-state index contributed by atoms with van der Waals surface area (Å²) in [4.78, 5) is 0. The third-order valence-corrected chi connectivity index (χ3v) is 2.46. The fourth-order valence-electron chi connectivity index (χ4n) is 1.50. The van der Waals surface area contributed by atoms with Crippen molar-refractivity contribution >= 4 is 5.69 Å². The standard InChI is InChI=1S/C13H18F3NO3/c1-18-5-2-6-19-7-8-20-10-3-4-12(17)11(9-10)13(14,15)16/h3-4,9H,2,5-8,17H2,1H3. The van der Waals surface area contributed by atoms with Gasteiger partial charge in [-0.1, -0.05) is 0 Å². The van der Waals surface area contributed by atoms with Crippen LogP contribution < -0.4 is 10.5 Å². The number of alkyl halides is 3. The van der Waals surface area contributed by atoms with Crippen LogP contribution >= 0.6 is 0 Å². The summed E-state index contributed by atoms with van der Waals surface area (Å²) in [6.45, 7) is 1.60. The molecule has 1 aromatic rings. The van der Waals surface area contributed by atoms with Crippen LogP contribution in [0, 0.1) is 0 Å². The van der Waals surface area contributed by atoms with Crippen LogP contribution in [0.4, 0.5) is 18.9 Å². The molecule has 0 spiro atoms. The number of benzene rings is 1. The van der Waals surface area contributed by atoms with Crippen LogP contribution in [0.1, 0.15) is 12.0 Å². The van der Waals surface area contributed by atoms with E-state index < -0.39 is 11.7 Å². The molecule has 0 fully saturated rings. The van der Waals surface area contributed by atoms with Crippen molar-refractivity contribution in [2.75, 3.05) is 39.3 Å². The molecule has 0 bridgehead atoms. The Balaban J connectivity index is 2.38. The maximum atomic E-state index is 12.6. The Bertz CT molecular complexity index is 410. The fourth-order valence-corrected chi connectivity index (χ4v) is 1.50. The van der Waals surface area contributed by atoms with Gasteiger partial charge in [0.15, 0.2) is 0 Å². The van der Waals surface area contributed by atoms with Crippen LogP contribution in [0.2, 0.25) is 0 Å². The van der Waals surface area contributed by atoms with Gasteiger partial charge >= 0.3 is 6.18 Å². The van der Waals surface area contributed by atoms with Gasteiger partial charge in [-0.2, -0.15) is 13.2 Å². The summed E-state index contributed by atoms with van der Waals surface area (Å²) in [7, 11) is 1.60. The molecule has 1 rings (SSSR count). The van der Waals surface area contributed by atoms with Crippen LogP contribution in [0.15, 0.2) is 18.2 Å². The lowest BCUT2D eigenvalue weighted by Gasteiger charge is -2.12. The van der Waals surface area contributed by atoms with Crippen LogP contribution in [-0.2, 0) is 15.7 Å². The number of nitrogen functional groups attached to an aromatic ring is 1. The first-order chi connectivity index (χ1) is 9.45. The van der Waals surface area contributed by atoms with E-state index in [1.54, 1.807) is 7.11 Å². The van der Waals surface area contributed by atoms with E-state index in [4.69, 9.17) is 19.9 Å². The number of ether oxygens (including phenoxy) is 3. The van der Waals surface area contributed by atoms with E-state index >= 15 is 0 Å². The zero-order valence-electron chi connectivity index (χ0n) is 11.2. The normalized spacial score (nSPS) is 11.6. The van der Waals surface area contributed by atoms with Gasteiger partial charge in [0, 0.05) is 26.0 Å². The SMILES string of the molecule is COCCCOCCOc1ccc(N)c(C(F)(F)F)c1. The van der Waals surface area contributed by atoms with Gasteiger partial charge in [0.25, 0.3) is 0 Å². The van der Waals surface area contributed by atoms with E-state index in [0.29, 0.717) is 19.8 Å². The number of methoxy groups -OCH3 is 1. The van der Waals surface area contributed by atoms with Crippen molar-refractivity contribution in [3.05, 3.63) is 23.8 Å². The topological polar surface area (TPSA) is 53.7 Å². The molecule has 0 saturated carbocycles. The van der Waals surface area contributed by atoms with Crippen molar-refractivity contribution < 1.29 is 27.4 Å². The molecular weight excluding hydrogens is 275 g/mol. The Morgan fingerprint density at radius 1 is 1.10 bits per heavy atom. The second kappa shape index (κ2) is 7.96. The lowest BCUT2D eigenvalue weighted by molar-refractivity contribution is -0.137. The molecule has 4 nitrogen and oxygen atoms in total. The Morgan fingerprint density at radius 2 is 1.85 bits per heavy atom. The van der Waals surface area contributed by atoms with E-state index in [0.717, 1.165) is 12.5 Å². The van der Waals surface area contributed by atoms with Crippen molar-refractivity contribution in [3.8, 4) is 5.75 Å². The minimum Gasteiger partial charge on any atom is -0.491 e. The highest BCUT2D eigenvalue weighted by Gasteiger charge is 2.33. The Hall–Kier alpha value is -1.47. The molecular formula is C13H18F3NO3. The molecule has 0 aromatic heterocycles. The lowest BCUT2D eigenvalue weighted by Crippen LogP contribution is -2.11. The van der Waals surface area contributed by atoms with E-state index in [1.807, 2.05) is 0 Å². The maximum Gasteiger partial charge on any atom is 0.418 e. The Morgan fingerprint density at radius 3 is 2.50 bits per heavy atom. The van der Waals surface area contributed by atoms with Gasteiger partial charge in [-0.3, -0.25) is 0 Å². The van der Waals surface area contributed by atoms with Crippen molar-refractivity contribution in [3.63, 3.8) is 0 Å². The second-order valence-corrected chi connectivity index (χ2v) is 4.05. The van der Waals surface area contributed by atoms with E-state index in [9.17, 15) is 13.2 Å². The molecule has 0 atom stereocenters. The summed E-state index contributed by atoms with van der Waals surface area (Å²) in [5.41, 5.74) is 4.07. The zero-order valence-corrected chi connectivity index (χ0v) is 11.2. The first-order valence-electron chi connectivity index (χ1n) is 6.11. The number of rotatable bonds is 8. The third kappa shape index (κ3) is 5.66. The molecule has 0 saturated heterocycles. The number of nitrogens with two attached hydrogens (primary N) is 1. The van der Waals surface area contributed by atoms with Gasteiger partial charge in [0.2, 0.25) is 0 Å². The molecule has 0 aliphatic rings. The number of halogens is 3. The number of hydrogen-bond donors (Lipinski definition) is 1. The first-order valence-corrected chi connectivity index (χ1v) is 6.11. The summed E-state index contributed by atoms with van der Waals surface area (Å²) < 4.78 is 53.1. The average molecular weight is 293 g/mol. The smallest absolute Gasteiger partial charge is 0.418 e. The highest BCUT2D eigenvalue weighted by atomic mass is 19.4. The van der Waals surface area contributed by atoms with Crippen molar-refractivity contribution in [2.45, 2.75) is 12.6 Å². The first kappa shape index (κ1) is 16.6. The summed E-state index contributed by atoms with van der Waals surface area (Å²) in [5.74, 6) is 0.118. The van der Waals surface area contributed by atoms with Crippen LogP contribution in [0.25, 0.3) is 0 Å². The van der Waals surface area contributed by atoms with Crippen molar-refractivity contribution in [2.24, 2.45) is 0 Å². The fraction of sp³-hybridized carbons (Fsp3) is 0.538. The molecule has 0 radical (unpaired) electrons. The van der Waals surface area contributed by atoms with E-state index in [1.165, 1.54) is 12.1 Å². The van der Waals surface area contributed by atoms with Crippen LogP contribution in [0.3, 0.4) is 0 Å².